The van der Waals surface area contributed by atoms with Gasteiger partial charge in [-0.25, -0.2) is 4.98 Å². The molecule has 0 bridgehead atoms. The van der Waals surface area contributed by atoms with Gasteiger partial charge in [0.2, 0.25) is 0 Å². The minimum atomic E-state index is -0.313. The van der Waals surface area contributed by atoms with E-state index < -0.39 is 0 Å². The first-order valence-electron chi connectivity index (χ1n) is 5.50. The molecular weight excluding hydrogens is 202 g/mol. The third-order valence-corrected chi connectivity index (χ3v) is 2.31. The average molecular weight is 219 g/mol. The van der Waals surface area contributed by atoms with Gasteiger partial charge in [-0.05, 0) is 12.5 Å². The van der Waals surface area contributed by atoms with Gasteiger partial charge in [-0.3, -0.25) is 0 Å². The summed E-state index contributed by atoms with van der Waals surface area (Å²) < 4.78 is 0. The zero-order chi connectivity index (χ0) is 11.8. The van der Waals surface area contributed by atoms with Crippen molar-refractivity contribution in [3.63, 3.8) is 0 Å². The summed E-state index contributed by atoms with van der Waals surface area (Å²) in [6.07, 6.45) is 3.06. The molecule has 16 heavy (non-hydrogen) atoms. The molecule has 1 rings (SSSR count). The van der Waals surface area contributed by atoms with Crippen molar-refractivity contribution >= 4 is 0 Å². The molecule has 0 aromatic carbocycles. The first-order valence-corrected chi connectivity index (χ1v) is 5.50. The minimum absolute atomic E-state index is 0.313. The molecule has 1 aromatic heterocycles. The molecule has 0 aliphatic heterocycles. The van der Waals surface area contributed by atoms with Crippen molar-refractivity contribution < 1.29 is 5.11 Å². The molecule has 1 aromatic rings. The van der Waals surface area contributed by atoms with Crippen LogP contribution in [-0.4, -0.2) is 22.7 Å². The number of hydrogen-bond acceptors (Lipinski definition) is 4. The molecule has 0 amide bonds. The summed E-state index contributed by atoms with van der Waals surface area (Å²) in [6, 6.07) is 5.72. The molecule has 0 radical (unpaired) electrons. The molecule has 0 fully saturated rings. The summed E-state index contributed by atoms with van der Waals surface area (Å²) in [5.41, 5.74) is 1.31. The monoisotopic (exact) mass is 219 g/mol. The highest BCUT2D eigenvalue weighted by molar-refractivity contribution is 5.30. The van der Waals surface area contributed by atoms with Crippen LogP contribution in [-0.2, 0) is 6.54 Å². The van der Waals surface area contributed by atoms with Crippen molar-refractivity contribution in [2.75, 3.05) is 6.54 Å². The van der Waals surface area contributed by atoms with Crippen LogP contribution in [0.1, 0.15) is 31.0 Å². The zero-order valence-electron chi connectivity index (χ0n) is 9.48. The quantitative estimate of drug-likeness (QED) is 0.754. The van der Waals surface area contributed by atoms with Gasteiger partial charge >= 0.3 is 0 Å². The highest BCUT2D eigenvalue weighted by atomic mass is 16.3. The largest absolute Gasteiger partial charge is 0.392 e. The molecule has 0 spiro atoms. The van der Waals surface area contributed by atoms with Gasteiger partial charge in [-0.1, -0.05) is 19.4 Å². The number of nitriles is 1. The van der Waals surface area contributed by atoms with E-state index in [0.29, 0.717) is 18.8 Å². The predicted molar refractivity (Wildman–Crippen MR) is 61.6 cm³/mol. The summed E-state index contributed by atoms with van der Waals surface area (Å²) in [5, 5.41) is 21.5. The fourth-order valence-corrected chi connectivity index (χ4v) is 1.49. The number of pyridine rings is 1. The maximum Gasteiger partial charge on any atom is 0.144 e. The average Bonchev–Trinajstić information content (AvgIpc) is 2.30. The Hall–Kier alpha value is -1.44. The molecule has 0 saturated heterocycles. The van der Waals surface area contributed by atoms with E-state index in [0.717, 1.165) is 18.4 Å². The molecule has 4 heteroatoms. The third-order valence-electron chi connectivity index (χ3n) is 2.31. The van der Waals surface area contributed by atoms with Crippen LogP contribution in [0.15, 0.2) is 18.3 Å². The lowest BCUT2D eigenvalue weighted by Gasteiger charge is -2.10. The Kier molecular flexibility index (Phi) is 5.48. The predicted octanol–water partition coefficient (Wildman–Crippen LogP) is 1.20. The second-order valence-corrected chi connectivity index (χ2v) is 3.70. The van der Waals surface area contributed by atoms with Crippen molar-refractivity contribution in [1.29, 1.82) is 5.26 Å². The first-order chi connectivity index (χ1) is 7.77. The highest BCUT2D eigenvalue weighted by Crippen LogP contribution is 2.03. The van der Waals surface area contributed by atoms with Crippen molar-refractivity contribution in [3.05, 3.63) is 29.6 Å². The summed E-state index contributed by atoms with van der Waals surface area (Å²) in [7, 11) is 0. The Morgan fingerprint density at radius 3 is 3.12 bits per heavy atom. The summed E-state index contributed by atoms with van der Waals surface area (Å²) >= 11 is 0. The second kappa shape index (κ2) is 6.94. The second-order valence-electron chi connectivity index (χ2n) is 3.70. The number of hydrogen-bond donors (Lipinski definition) is 2. The van der Waals surface area contributed by atoms with Gasteiger partial charge in [0.1, 0.15) is 11.8 Å². The van der Waals surface area contributed by atoms with Crippen LogP contribution in [0.3, 0.4) is 0 Å². The molecular formula is C12H17N3O. The Morgan fingerprint density at radius 1 is 1.62 bits per heavy atom. The van der Waals surface area contributed by atoms with Crippen LogP contribution in [0.25, 0.3) is 0 Å². The molecule has 1 atom stereocenters. The van der Waals surface area contributed by atoms with Crippen LogP contribution >= 0.6 is 0 Å². The maximum absolute atomic E-state index is 9.51. The topological polar surface area (TPSA) is 68.9 Å². The lowest BCUT2D eigenvalue weighted by atomic mass is 10.2. The SMILES string of the molecule is CCCC(O)CNCc1cccnc1C#N. The normalized spacial score (nSPS) is 12.1. The fourth-order valence-electron chi connectivity index (χ4n) is 1.49. The smallest absolute Gasteiger partial charge is 0.144 e. The van der Waals surface area contributed by atoms with E-state index in [9.17, 15) is 5.11 Å². The molecule has 1 heterocycles. The molecule has 4 nitrogen and oxygen atoms in total. The van der Waals surface area contributed by atoms with Gasteiger partial charge in [0.05, 0.1) is 6.10 Å². The van der Waals surface area contributed by atoms with Crippen molar-refractivity contribution in [2.45, 2.75) is 32.4 Å². The summed E-state index contributed by atoms with van der Waals surface area (Å²) in [6.45, 7) is 3.16. The van der Waals surface area contributed by atoms with E-state index in [2.05, 4.69) is 10.3 Å². The Bertz CT molecular complexity index is 360. The van der Waals surface area contributed by atoms with Crippen LogP contribution in [0.2, 0.25) is 0 Å². The van der Waals surface area contributed by atoms with E-state index in [1.54, 1.807) is 12.3 Å². The molecule has 2 N–H and O–H groups in total. The minimum Gasteiger partial charge on any atom is -0.392 e. The van der Waals surface area contributed by atoms with Crippen LogP contribution in [0, 0.1) is 11.3 Å². The zero-order valence-corrected chi connectivity index (χ0v) is 9.48. The maximum atomic E-state index is 9.51. The van der Waals surface area contributed by atoms with E-state index in [1.165, 1.54) is 0 Å². The molecule has 0 aliphatic rings. The van der Waals surface area contributed by atoms with Gasteiger partial charge in [0, 0.05) is 24.8 Å². The van der Waals surface area contributed by atoms with Crippen LogP contribution in [0.5, 0.6) is 0 Å². The van der Waals surface area contributed by atoms with Gasteiger partial charge in [0.15, 0.2) is 0 Å². The molecule has 0 saturated carbocycles. The van der Waals surface area contributed by atoms with E-state index in [1.807, 2.05) is 19.1 Å². The number of nitrogens with zero attached hydrogens (tertiary/aromatic N) is 2. The van der Waals surface area contributed by atoms with Crippen LogP contribution in [0.4, 0.5) is 0 Å². The number of aliphatic hydroxyl groups is 1. The van der Waals surface area contributed by atoms with E-state index in [4.69, 9.17) is 5.26 Å². The first kappa shape index (κ1) is 12.6. The van der Waals surface area contributed by atoms with Gasteiger partial charge in [-0.15, -0.1) is 0 Å². The fraction of sp³-hybridized carbons (Fsp3) is 0.500. The number of aromatic nitrogens is 1. The van der Waals surface area contributed by atoms with E-state index in [-0.39, 0.29) is 6.10 Å². The Morgan fingerprint density at radius 2 is 2.44 bits per heavy atom. The number of nitrogens with one attached hydrogen (secondary N) is 1. The van der Waals surface area contributed by atoms with Gasteiger partial charge in [0.25, 0.3) is 0 Å². The van der Waals surface area contributed by atoms with Gasteiger partial charge < -0.3 is 10.4 Å². The standard InChI is InChI=1S/C12H17N3O/c1-2-4-11(16)9-14-8-10-5-3-6-15-12(10)7-13/h3,5-6,11,14,16H,2,4,8-9H2,1H3. The third kappa shape index (κ3) is 3.97. The molecule has 86 valence electrons. The Labute approximate surface area is 95.9 Å². The van der Waals surface area contributed by atoms with Crippen molar-refractivity contribution in [2.24, 2.45) is 0 Å². The van der Waals surface area contributed by atoms with Crippen LogP contribution < -0.4 is 5.32 Å². The Balaban J connectivity index is 2.40. The number of rotatable bonds is 6. The lowest BCUT2D eigenvalue weighted by Crippen LogP contribution is -2.26. The number of aliphatic hydroxyl groups excluding tert-OH is 1. The molecule has 0 aliphatic carbocycles. The summed E-state index contributed by atoms with van der Waals surface area (Å²) in [5.74, 6) is 0. The lowest BCUT2D eigenvalue weighted by molar-refractivity contribution is 0.160. The van der Waals surface area contributed by atoms with Gasteiger partial charge in [-0.2, -0.15) is 5.26 Å². The van der Waals surface area contributed by atoms with E-state index >= 15 is 0 Å². The summed E-state index contributed by atoms with van der Waals surface area (Å²) in [4.78, 5) is 3.97. The highest BCUT2D eigenvalue weighted by Gasteiger charge is 2.04. The van der Waals surface area contributed by atoms with Crippen molar-refractivity contribution in [1.82, 2.24) is 10.3 Å². The van der Waals surface area contributed by atoms with Crippen molar-refractivity contribution in [3.8, 4) is 6.07 Å². The molecule has 1 unspecified atom stereocenters.